The van der Waals surface area contributed by atoms with Crippen LogP contribution >= 0.6 is 8.15 Å². The summed E-state index contributed by atoms with van der Waals surface area (Å²) in [5.41, 5.74) is 6.83. The Bertz CT molecular complexity index is 1810. The fourth-order valence-electron chi connectivity index (χ4n) is 7.84. The van der Waals surface area contributed by atoms with Gasteiger partial charge in [-0.2, -0.15) is 0 Å². The van der Waals surface area contributed by atoms with E-state index in [1.807, 2.05) is 68.1 Å². The number of anilines is 1. The second kappa shape index (κ2) is 22.6. The summed E-state index contributed by atoms with van der Waals surface area (Å²) in [4.78, 5) is 57.2. The molecule has 4 rings (SSSR count). The zero-order chi connectivity index (χ0) is 44.1. The van der Waals surface area contributed by atoms with Crippen LogP contribution in [-0.2, 0) is 32.0 Å². The Labute approximate surface area is 361 Å². The molecule has 60 heavy (non-hydrogen) atoms. The van der Waals surface area contributed by atoms with Crippen LogP contribution in [0.5, 0.6) is 0 Å². The lowest BCUT2D eigenvalue weighted by molar-refractivity contribution is -0.135. The molecule has 0 aliphatic carbocycles. The van der Waals surface area contributed by atoms with Crippen LogP contribution in [0, 0.1) is 28.1 Å². The summed E-state index contributed by atoms with van der Waals surface area (Å²) in [6.45, 7) is 22.6. The molecule has 0 spiro atoms. The number of nitrogens with one attached hydrogen (secondary N) is 3. The maximum atomic E-state index is 14.0. The number of Topliss-reactive ketones (excluding diaryl/α,β-unsaturated/α-hetero) is 1. The van der Waals surface area contributed by atoms with Crippen molar-refractivity contribution in [2.45, 2.75) is 113 Å². The number of likely N-dealkylation sites (N-methyl/N-ethyl adjacent to an activating group) is 1. The molecule has 2 aromatic carbocycles. The molecule has 13 heteroatoms. The first-order chi connectivity index (χ1) is 28.4. The third-order valence-electron chi connectivity index (χ3n) is 12.6. The van der Waals surface area contributed by atoms with Crippen molar-refractivity contribution in [2.24, 2.45) is 28.1 Å². The molecule has 0 fully saturated rings. The number of nitrogens with zero attached hydrogens (tertiary/aromatic N) is 3. The number of ketones is 1. The van der Waals surface area contributed by atoms with Crippen LogP contribution in [0.3, 0.4) is 0 Å². The highest BCUT2D eigenvalue weighted by molar-refractivity contribution is 7.51. The van der Waals surface area contributed by atoms with E-state index in [4.69, 9.17) is 14.3 Å². The number of hydrogen-bond donors (Lipinski definition) is 4. The fourth-order valence-corrected chi connectivity index (χ4v) is 9.04. The second-order valence-corrected chi connectivity index (χ2v) is 21.0. The third-order valence-corrected chi connectivity index (χ3v) is 14.2. The Morgan fingerprint density at radius 1 is 1.02 bits per heavy atom. The molecule has 1 aliphatic heterocycles. The van der Waals surface area contributed by atoms with Gasteiger partial charge in [0, 0.05) is 64.5 Å². The second-order valence-electron chi connectivity index (χ2n) is 19.1. The first kappa shape index (κ1) is 49.2. The minimum atomic E-state index is -0.515. The molecule has 0 radical (unpaired) electrons. The lowest BCUT2D eigenvalue weighted by Crippen LogP contribution is -2.40. The van der Waals surface area contributed by atoms with E-state index >= 15 is 0 Å². The van der Waals surface area contributed by atoms with Crippen molar-refractivity contribution in [3.05, 3.63) is 59.4 Å². The van der Waals surface area contributed by atoms with Gasteiger partial charge in [-0.1, -0.05) is 80.0 Å². The summed E-state index contributed by atoms with van der Waals surface area (Å²) in [6.07, 6.45) is 7.47. The summed E-state index contributed by atoms with van der Waals surface area (Å²) in [5, 5.41) is 13.0. The number of imidazole rings is 1. The molecule has 0 saturated carbocycles. The molecule has 4 N–H and O–H groups in total. The molecule has 2 heterocycles. The quantitative estimate of drug-likeness (QED) is 0.0353. The summed E-state index contributed by atoms with van der Waals surface area (Å²) in [6, 6.07) is 13.5. The van der Waals surface area contributed by atoms with E-state index in [-0.39, 0.29) is 53.4 Å². The lowest BCUT2D eigenvalue weighted by Gasteiger charge is -2.38. The van der Waals surface area contributed by atoms with Crippen molar-refractivity contribution in [3.8, 4) is 0 Å². The SMILES string of the molecule is CCC(C(=O)C(C)C(C)(C)CO)C(C)(C)CCCCP(C)OCCC(C)(C)CNOCCCCN(Cc1nc2ccccc2[nH]1)C(=O)c1ccc2c(c1)NCC(=O)N(C)C2. The molecular weight excluding hydrogens is 776 g/mol. The van der Waals surface area contributed by atoms with Gasteiger partial charge in [0.05, 0.1) is 37.3 Å². The molecule has 1 aromatic heterocycles. The Morgan fingerprint density at radius 2 is 1.77 bits per heavy atom. The number of carbonyl (C=O) groups is 3. The Hall–Kier alpha value is -3.41. The monoisotopic (exact) mass is 851 g/mol. The van der Waals surface area contributed by atoms with E-state index in [1.54, 1.807) is 11.9 Å². The van der Waals surface area contributed by atoms with Crippen molar-refractivity contribution >= 4 is 42.5 Å². The Balaban J connectivity index is 1.16. The van der Waals surface area contributed by atoms with Crippen LogP contribution < -0.4 is 10.8 Å². The molecule has 2 amide bonds. The highest BCUT2D eigenvalue weighted by Gasteiger charge is 2.40. The molecule has 334 valence electrons. The molecule has 3 unspecified atom stereocenters. The zero-order valence-corrected chi connectivity index (χ0v) is 39.2. The van der Waals surface area contributed by atoms with Crippen molar-refractivity contribution in [2.75, 3.05) is 64.6 Å². The first-order valence-electron chi connectivity index (χ1n) is 22.0. The van der Waals surface area contributed by atoms with E-state index in [9.17, 15) is 19.5 Å². The number of benzene rings is 2. The molecule has 1 aliphatic rings. The largest absolute Gasteiger partial charge is 0.396 e. The number of hydroxylamine groups is 1. The normalized spacial score (nSPS) is 15.3. The lowest BCUT2D eigenvalue weighted by atomic mass is 9.66. The smallest absolute Gasteiger partial charge is 0.254 e. The predicted molar refractivity (Wildman–Crippen MR) is 244 cm³/mol. The molecule has 0 bridgehead atoms. The van der Waals surface area contributed by atoms with E-state index in [2.05, 4.69) is 57.1 Å². The average Bonchev–Trinajstić information content (AvgIpc) is 3.56. The minimum Gasteiger partial charge on any atom is -0.396 e. The van der Waals surface area contributed by atoms with Gasteiger partial charge < -0.3 is 34.6 Å². The van der Waals surface area contributed by atoms with E-state index < -0.39 is 13.6 Å². The van der Waals surface area contributed by atoms with Gasteiger partial charge >= 0.3 is 0 Å². The third kappa shape index (κ3) is 14.3. The zero-order valence-electron chi connectivity index (χ0n) is 38.3. The van der Waals surface area contributed by atoms with Gasteiger partial charge in [-0.3, -0.25) is 14.4 Å². The average molecular weight is 851 g/mol. The summed E-state index contributed by atoms with van der Waals surface area (Å²) in [5.74, 6) is 0.747. The molecule has 0 saturated heterocycles. The van der Waals surface area contributed by atoms with Crippen molar-refractivity contribution in [1.29, 1.82) is 0 Å². The number of amides is 2. The van der Waals surface area contributed by atoms with Crippen LogP contribution in [0.15, 0.2) is 42.5 Å². The van der Waals surface area contributed by atoms with E-state index in [0.29, 0.717) is 45.0 Å². The highest BCUT2D eigenvalue weighted by Crippen LogP contribution is 2.41. The van der Waals surface area contributed by atoms with Gasteiger partial charge in [0.1, 0.15) is 11.6 Å². The standard InChI is InChI=1S/C47H75N6O6P/c1-11-37(43(56)34(2)47(7,8)33-54)46(5,6)22-14-17-27-60(10)59-26-23-45(3,4)32-49-58-25-16-15-24-53(31-41-50-38-18-12-13-19-39(38)51-41)44(57)35-20-21-36-30-52(9)42(55)29-48-40(36)28-35/h12-13,18-21,28,34,37,48-49,54H,11,14-17,22-27,29-33H2,1-10H3,(H,50,51). The number of rotatable bonds is 26. The number of para-hydroxylation sites is 2. The number of hydrogen-bond acceptors (Lipinski definition) is 9. The van der Waals surface area contributed by atoms with Crippen LogP contribution in [0.1, 0.15) is 122 Å². The number of unbranched alkanes of at least 4 members (excludes halogenated alkanes) is 2. The topological polar surface area (TPSA) is 149 Å². The van der Waals surface area contributed by atoms with Gasteiger partial charge in [-0.15, -0.1) is 0 Å². The van der Waals surface area contributed by atoms with E-state index in [1.165, 1.54) is 0 Å². The van der Waals surface area contributed by atoms with Crippen LogP contribution in [0.25, 0.3) is 11.0 Å². The molecule has 12 nitrogen and oxygen atoms in total. The number of aromatic nitrogens is 2. The minimum absolute atomic E-state index is 0.00885. The Morgan fingerprint density at radius 3 is 2.48 bits per heavy atom. The fraction of sp³-hybridized carbons (Fsp3) is 0.660. The first-order valence-corrected chi connectivity index (χ1v) is 23.9. The molecular formula is C47H75N6O6P. The summed E-state index contributed by atoms with van der Waals surface area (Å²) >= 11 is 0. The molecule has 3 aromatic rings. The van der Waals surface area contributed by atoms with Crippen LogP contribution in [0.4, 0.5) is 5.69 Å². The van der Waals surface area contributed by atoms with Crippen LogP contribution in [0.2, 0.25) is 0 Å². The number of carbonyl (C=O) groups excluding carboxylic acids is 3. The van der Waals surface area contributed by atoms with Gasteiger partial charge in [0.25, 0.3) is 5.91 Å². The van der Waals surface area contributed by atoms with Crippen molar-refractivity contribution < 1.29 is 28.9 Å². The van der Waals surface area contributed by atoms with Gasteiger partial charge in [-0.05, 0) is 97.4 Å². The predicted octanol–water partition coefficient (Wildman–Crippen LogP) is 8.80. The Kier molecular flexibility index (Phi) is 18.6. The van der Waals surface area contributed by atoms with Crippen LogP contribution in [-0.4, -0.2) is 102 Å². The van der Waals surface area contributed by atoms with Gasteiger partial charge in [0.2, 0.25) is 5.91 Å². The number of aliphatic hydroxyl groups excluding tert-OH is 1. The molecule has 3 atom stereocenters. The maximum Gasteiger partial charge on any atom is 0.254 e. The maximum absolute atomic E-state index is 14.0. The van der Waals surface area contributed by atoms with Gasteiger partial charge in [0.15, 0.2) is 0 Å². The number of H-pyrrole nitrogens is 1. The number of aromatic amines is 1. The van der Waals surface area contributed by atoms with Crippen molar-refractivity contribution in [1.82, 2.24) is 25.2 Å². The summed E-state index contributed by atoms with van der Waals surface area (Å²) < 4.78 is 6.29. The van der Waals surface area contributed by atoms with E-state index in [0.717, 1.165) is 79.2 Å². The number of fused-ring (bicyclic) bond motifs is 2. The highest BCUT2D eigenvalue weighted by atomic mass is 31.1. The van der Waals surface area contributed by atoms with Crippen molar-refractivity contribution in [3.63, 3.8) is 0 Å². The number of aliphatic hydroxyl groups is 1. The summed E-state index contributed by atoms with van der Waals surface area (Å²) in [7, 11) is 1.27. The van der Waals surface area contributed by atoms with Gasteiger partial charge in [-0.25, -0.2) is 10.5 Å².